The first kappa shape index (κ1) is 8.65. The van der Waals surface area contributed by atoms with E-state index in [2.05, 4.69) is 4.98 Å². The van der Waals surface area contributed by atoms with Gasteiger partial charge in [0.15, 0.2) is 0 Å². The third-order valence-electron chi connectivity index (χ3n) is 2.01. The van der Waals surface area contributed by atoms with Crippen molar-refractivity contribution < 1.29 is 4.79 Å². The van der Waals surface area contributed by atoms with E-state index in [9.17, 15) is 4.79 Å². The molecule has 1 aromatic carbocycles. The number of anilines is 1. The van der Waals surface area contributed by atoms with Crippen molar-refractivity contribution in [1.29, 1.82) is 0 Å². The molecule has 1 heterocycles. The van der Waals surface area contributed by atoms with Gasteiger partial charge in [0.25, 0.3) is 0 Å². The van der Waals surface area contributed by atoms with Crippen LogP contribution in [-0.4, -0.2) is 11.4 Å². The predicted molar refractivity (Wildman–Crippen MR) is 54.5 cm³/mol. The first-order valence-electron chi connectivity index (χ1n) is 4.16. The molecule has 0 aliphatic heterocycles. The number of nitrogens with two attached hydrogens (primary N) is 1. The lowest BCUT2D eigenvalue weighted by molar-refractivity contribution is -0.107. The molecule has 2 N–H and O–H groups in total. The zero-order chi connectivity index (χ0) is 9.97. The van der Waals surface area contributed by atoms with Crippen molar-refractivity contribution in [2.24, 2.45) is 5.84 Å². The topological polar surface area (TPSA) is 59.2 Å². The molecule has 2 aromatic rings. The third kappa shape index (κ3) is 1.31. The van der Waals surface area contributed by atoms with Gasteiger partial charge in [0.1, 0.15) is 0 Å². The zero-order valence-electron chi connectivity index (χ0n) is 7.42. The highest BCUT2D eigenvalue weighted by molar-refractivity contribution is 5.95. The number of carbonyl (C=O) groups is 1. The summed E-state index contributed by atoms with van der Waals surface area (Å²) in [7, 11) is 0. The summed E-state index contributed by atoms with van der Waals surface area (Å²) >= 11 is 0. The van der Waals surface area contributed by atoms with Gasteiger partial charge in [-0.2, -0.15) is 0 Å². The fraction of sp³-hybridized carbons (Fsp3) is 0. The molecule has 4 heteroatoms. The first-order valence-corrected chi connectivity index (χ1v) is 4.16. The van der Waals surface area contributed by atoms with Crippen LogP contribution in [0.15, 0.2) is 36.5 Å². The van der Waals surface area contributed by atoms with Crippen molar-refractivity contribution in [3.63, 3.8) is 0 Å². The summed E-state index contributed by atoms with van der Waals surface area (Å²) in [5, 5.41) is 1.91. The molecule has 70 valence electrons. The number of hydrogen-bond donors (Lipinski definition) is 1. The van der Waals surface area contributed by atoms with E-state index in [4.69, 9.17) is 5.84 Å². The number of aromatic nitrogens is 1. The van der Waals surface area contributed by atoms with Crippen LogP contribution in [0.1, 0.15) is 0 Å². The number of hydrazine groups is 1. The lowest BCUT2D eigenvalue weighted by atomic mass is 10.2. The molecular weight excluding hydrogens is 178 g/mol. The van der Waals surface area contributed by atoms with Gasteiger partial charge >= 0.3 is 0 Å². The Kier molecular flexibility index (Phi) is 2.12. The van der Waals surface area contributed by atoms with Gasteiger partial charge in [-0.3, -0.25) is 14.8 Å². The lowest BCUT2D eigenvalue weighted by Crippen LogP contribution is -2.28. The Bertz CT molecular complexity index is 464. The molecule has 0 bridgehead atoms. The number of rotatable bonds is 2. The van der Waals surface area contributed by atoms with E-state index in [0.29, 0.717) is 12.1 Å². The largest absolute Gasteiger partial charge is 0.277 e. The Balaban J connectivity index is 2.70. The van der Waals surface area contributed by atoms with Crippen molar-refractivity contribution in [3.05, 3.63) is 36.5 Å². The molecule has 1 aromatic heterocycles. The van der Waals surface area contributed by atoms with Gasteiger partial charge in [-0.1, -0.05) is 6.07 Å². The molecule has 0 atom stereocenters. The molecule has 1 amide bonds. The van der Waals surface area contributed by atoms with Crippen molar-refractivity contribution in [3.8, 4) is 0 Å². The molecule has 4 nitrogen and oxygen atoms in total. The van der Waals surface area contributed by atoms with Gasteiger partial charge in [0.2, 0.25) is 6.41 Å². The first-order chi connectivity index (χ1) is 6.83. The number of benzene rings is 1. The van der Waals surface area contributed by atoms with E-state index in [1.807, 2.05) is 24.3 Å². The van der Waals surface area contributed by atoms with E-state index in [1.165, 1.54) is 0 Å². The zero-order valence-corrected chi connectivity index (χ0v) is 7.42. The second-order valence-electron chi connectivity index (χ2n) is 2.86. The molecule has 0 radical (unpaired) electrons. The summed E-state index contributed by atoms with van der Waals surface area (Å²) in [5.41, 5.74) is 1.48. The normalized spacial score (nSPS) is 10.1. The average Bonchev–Trinajstić information content (AvgIpc) is 2.27. The van der Waals surface area contributed by atoms with Crippen molar-refractivity contribution >= 4 is 23.0 Å². The Labute approximate surface area is 80.9 Å². The molecule has 0 aliphatic rings. The summed E-state index contributed by atoms with van der Waals surface area (Å²) in [6.07, 6.45) is 2.27. The monoisotopic (exact) mass is 187 g/mol. The second-order valence-corrected chi connectivity index (χ2v) is 2.86. The van der Waals surface area contributed by atoms with Gasteiger partial charge in [0.05, 0.1) is 11.2 Å². The molecular formula is C10H9N3O. The van der Waals surface area contributed by atoms with Crippen LogP contribution in [-0.2, 0) is 4.79 Å². The fourth-order valence-electron chi connectivity index (χ4n) is 1.37. The van der Waals surface area contributed by atoms with Crippen LogP contribution in [0.3, 0.4) is 0 Å². The minimum Gasteiger partial charge on any atom is -0.277 e. The maximum Gasteiger partial charge on any atom is 0.228 e. The summed E-state index contributed by atoms with van der Waals surface area (Å²) in [5.74, 6) is 5.50. The summed E-state index contributed by atoms with van der Waals surface area (Å²) < 4.78 is 0. The highest BCUT2D eigenvalue weighted by atomic mass is 16.1. The lowest BCUT2D eigenvalue weighted by Gasteiger charge is -2.12. The van der Waals surface area contributed by atoms with Crippen molar-refractivity contribution in [2.45, 2.75) is 0 Å². The number of amides is 1. The molecule has 0 aliphatic carbocycles. The summed E-state index contributed by atoms with van der Waals surface area (Å²) in [6, 6.07) is 9.15. The summed E-state index contributed by atoms with van der Waals surface area (Å²) in [6.45, 7) is 0. The van der Waals surface area contributed by atoms with Crippen LogP contribution in [0.4, 0.5) is 5.69 Å². The Morgan fingerprint density at radius 2 is 2.14 bits per heavy atom. The average molecular weight is 187 g/mol. The van der Waals surface area contributed by atoms with Gasteiger partial charge < -0.3 is 0 Å². The maximum absolute atomic E-state index is 10.5. The van der Waals surface area contributed by atoms with Gasteiger partial charge in [-0.25, -0.2) is 5.84 Å². The molecule has 14 heavy (non-hydrogen) atoms. The SMILES string of the molecule is NN(C=O)c1cccc2ncccc12. The van der Waals surface area contributed by atoms with Crippen molar-refractivity contribution in [1.82, 2.24) is 4.98 Å². The molecule has 0 fully saturated rings. The van der Waals surface area contributed by atoms with Crippen molar-refractivity contribution in [2.75, 3.05) is 5.01 Å². The van der Waals surface area contributed by atoms with Gasteiger partial charge in [0, 0.05) is 11.6 Å². The quantitative estimate of drug-likeness (QED) is 0.331. The molecule has 0 unspecified atom stereocenters. The highest BCUT2D eigenvalue weighted by Gasteiger charge is 2.04. The molecule has 0 saturated carbocycles. The number of pyridine rings is 1. The van der Waals surface area contributed by atoms with Gasteiger partial charge in [-0.15, -0.1) is 0 Å². The minimum absolute atomic E-state index is 0.571. The second kappa shape index (κ2) is 3.43. The smallest absolute Gasteiger partial charge is 0.228 e. The van der Waals surface area contributed by atoms with Crippen LogP contribution >= 0.6 is 0 Å². The number of nitrogens with zero attached hydrogens (tertiary/aromatic N) is 2. The van der Waals surface area contributed by atoms with Crippen LogP contribution in [0.2, 0.25) is 0 Å². The third-order valence-corrected chi connectivity index (χ3v) is 2.01. The molecule has 2 rings (SSSR count). The fourth-order valence-corrected chi connectivity index (χ4v) is 1.37. The minimum atomic E-state index is 0.571. The van der Waals surface area contributed by atoms with Crippen LogP contribution < -0.4 is 10.9 Å². The van der Waals surface area contributed by atoms with Gasteiger partial charge in [-0.05, 0) is 24.3 Å². The Morgan fingerprint density at radius 3 is 2.93 bits per heavy atom. The highest BCUT2D eigenvalue weighted by Crippen LogP contribution is 2.22. The predicted octanol–water partition coefficient (Wildman–Crippen LogP) is 1.07. The molecule has 0 spiro atoms. The van der Waals surface area contributed by atoms with Crippen LogP contribution in [0.25, 0.3) is 10.9 Å². The van der Waals surface area contributed by atoms with E-state index in [0.717, 1.165) is 15.9 Å². The van der Waals surface area contributed by atoms with E-state index >= 15 is 0 Å². The maximum atomic E-state index is 10.5. The number of carbonyl (C=O) groups excluding carboxylic acids is 1. The Hall–Kier alpha value is -1.94. The van der Waals surface area contributed by atoms with E-state index < -0.39 is 0 Å². The van der Waals surface area contributed by atoms with E-state index in [-0.39, 0.29) is 0 Å². The van der Waals surface area contributed by atoms with E-state index in [1.54, 1.807) is 12.3 Å². The van der Waals surface area contributed by atoms with Crippen LogP contribution in [0, 0.1) is 0 Å². The number of fused-ring (bicyclic) bond motifs is 1. The standard InChI is InChI=1S/C10H9N3O/c11-13(7-14)10-5-1-4-9-8(10)3-2-6-12-9/h1-7H,11H2. The van der Waals surface area contributed by atoms with Crippen LogP contribution in [0.5, 0.6) is 0 Å². The Morgan fingerprint density at radius 1 is 1.29 bits per heavy atom. The number of hydrogen-bond acceptors (Lipinski definition) is 3. The molecule has 0 saturated heterocycles. The summed E-state index contributed by atoms with van der Waals surface area (Å²) in [4.78, 5) is 14.7.